The molecule has 3 rings (SSSR count). The van der Waals surface area contributed by atoms with Gasteiger partial charge >= 0.3 is 0 Å². The van der Waals surface area contributed by atoms with Crippen LogP contribution in [0.5, 0.6) is 0 Å². The summed E-state index contributed by atoms with van der Waals surface area (Å²) in [6, 6.07) is 9.26. The molecule has 5 nitrogen and oxygen atoms in total. The van der Waals surface area contributed by atoms with Crippen molar-refractivity contribution in [3.63, 3.8) is 0 Å². The lowest BCUT2D eigenvalue weighted by molar-refractivity contribution is 0.102. The number of anilines is 1. The first-order valence-corrected chi connectivity index (χ1v) is 7.08. The van der Waals surface area contributed by atoms with Crippen molar-refractivity contribution in [3.05, 3.63) is 58.6 Å². The van der Waals surface area contributed by atoms with E-state index < -0.39 is 0 Å². The van der Waals surface area contributed by atoms with Crippen molar-refractivity contribution >= 4 is 38.6 Å². The van der Waals surface area contributed by atoms with Gasteiger partial charge in [0.25, 0.3) is 5.91 Å². The first-order valence-electron chi connectivity index (χ1n) is 6.29. The van der Waals surface area contributed by atoms with Crippen LogP contribution < -0.4 is 5.32 Å². The SMILES string of the molecule is Cc1cc(NC(=O)c2cnc3ccccc3n2)cnc1Br. The Kier molecular flexibility index (Phi) is 3.62. The summed E-state index contributed by atoms with van der Waals surface area (Å²) in [5.74, 6) is -0.309. The maximum atomic E-state index is 12.2. The third-order valence-corrected chi connectivity index (χ3v) is 3.78. The quantitative estimate of drug-likeness (QED) is 0.725. The molecule has 1 aromatic carbocycles. The smallest absolute Gasteiger partial charge is 0.275 e. The first kappa shape index (κ1) is 13.6. The van der Waals surface area contributed by atoms with Crippen LogP contribution in [-0.2, 0) is 0 Å². The molecular weight excluding hydrogens is 332 g/mol. The van der Waals surface area contributed by atoms with E-state index in [1.807, 2.05) is 37.3 Å². The third-order valence-electron chi connectivity index (χ3n) is 2.95. The highest BCUT2D eigenvalue weighted by Crippen LogP contribution is 2.17. The zero-order valence-corrected chi connectivity index (χ0v) is 12.8. The Labute approximate surface area is 129 Å². The van der Waals surface area contributed by atoms with Gasteiger partial charge in [0, 0.05) is 0 Å². The van der Waals surface area contributed by atoms with Gasteiger partial charge in [0.1, 0.15) is 10.3 Å². The van der Waals surface area contributed by atoms with Crippen molar-refractivity contribution in [3.8, 4) is 0 Å². The van der Waals surface area contributed by atoms with E-state index >= 15 is 0 Å². The van der Waals surface area contributed by atoms with Crippen molar-refractivity contribution in [1.29, 1.82) is 0 Å². The van der Waals surface area contributed by atoms with Crippen LogP contribution in [0.4, 0.5) is 5.69 Å². The minimum Gasteiger partial charge on any atom is -0.319 e. The molecule has 0 aliphatic heterocycles. The van der Waals surface area contributed by atoms with Crippen LogP contribution in [0.1, 0.15) is 16.1 Å². The summed E-state index contributed by atoms with van der Waals surface area (Å²) in [6.07, 6.45) is 3.06. The fourth-order valence-corrected chi connectivity index (χ4v) is 2.11. The Morgan fingerprint density at radius 1 is 1.14 bits per heavy atom. The van der Waals surface area contributed by atoms with Crippen LogP contribution in [0.2, 0.25) is 0 Å². The zero-order valence-electron chi connectivity index (χ0n) is 11.2. The first-order chi connectivity index (χ1) is 10.1. The van der Waals surface area contributed by atoms with Gasteiger partial charge in [-0.25, -0.2) is 9.97 Å². The maximum Gasteiger partial charge on any atom is 0.275 e. The molecule has 0 aliphatic carbocycles. The summed E-state index contributed by atoms with van der Waals surface area (Å²) in [4.78, 5) is 24.9. The number of rotatable bonds is 2. The summed E-state index contributed by atoms with van der Waals surface area (Å²) in [5.41, 5.74) is 3.28. The van der Waals surface area contributed by atoms with Crippen LogP contribution in [0.15, 0.2) is 47.3 Å². The Bertz CT molecular complexity index is 835. The zero-order chi connectivity index (χ0) is 14.8. The van der Waals surface area contributed by atoms with Crippen molar-refractivity contribution < 1.29 is 4.79 Å². The van der Waals surface area contributed by atoms with E-state index in [0.29, 0.717) is 11.2 Å². The lowest BCUT2D eigenvalue weighted by atomic mass is 10.2. The fraction of sp³-hybridized carbons (Fsp3) is 0.0667. The highest BCUT2D eigenvalue weighted by molar-refractivity contribution is 9.10. The van der Waals surface area contributed by atoms with E-state index in [9.17, 15) is 4.79 Å². The van der Waals surface area contributed by atoms with Gasteiger partial charge in [0.2, 0.25) is 0 Å². The molecule has 2 aromatic heterocycles. The highest BCUT2D eigenvalue weighted by Gasteiger charge is 2.10. The van der Waals surface area contributed by atoms with Gasteiger partial charge < -0.3 is 5.32 Å². The van der Waals surface area contributed by atoms with Crippen LogP contribution in [0.3, 0.4) is 0 Å². The summed E-state index contributed by atoms with van der Waals surface area (Å²) in [7, 11) is 0. The number of fused-ring (bicyclic) bond motifs is 1. The summed E-state index contributed by atoms with van der Waals surface area (Å²) >= 11 is 3.32. The number of aryl methyl sites for hydroxylation is 1. The Morgan fingerprint density at radius 3 is 2.67 bits per heavy atom. The number of para-hydroxylation sites is 2. The topological polar surface area (TPSA) is 67.8 Å². The molecule has 0 spiro atoms. The number of nitrogens with zero attached hydrogens (tertiary/aromatic N) is 3. The van der Waals surface area contributed by atoms with E-state index in [2.05, 4.69) is 36.2 Å². The molecule has 1 N–H and O–H groups in total. The number of nitrogens with one attached hydrogen (secondary N) is 1. The van der Waals surface area contributed by atoms with Gasteiger partial charge in [0.05, 0.1) is 29.1 Å². The van der Waals surface area contributed by atoms with Gasteiger partial charge in [-0.1, -0.05) is 12.1 Å². The summed E-state index contributed by atoms with van der Waals surface area (Å²) < 4.78 is 0.756. The third kappa shape index (κ3) is 2.90. The second-order valence-electron chi connectivity index (χ2n) is 4.53. The van der Waals surface area contributed by atoms with E-state index in [1.54, 1.807) is 6.20 Å². The number of halogens is 1. The number of hydrogen-bond donors (Lipinski definition) is 1. The number of carbonyl (C=O) groups excluding carboxylic acids is 1. The monoisotopic (exact) mass is 342 g/mol. The molecule has 0 saturated carbocycles. The van der Waals surface area contributed by atoms with E-state index in [4.69, 9.17) is 0 Å². The molecule has 0 saturated heterocycles. The Morgan fingerprint density at radius 2 is 1.90 bits per heavy atom. The largest absolute Gasteiger partial charge is 0.319 e. The molecule has 21 heavy (non-hydrogen) atoms. The van der Waals surface area contributed by atoms with Gasteiger partial charge in [-0.05, 0) is 46.6 Å². The normalized spacial score (nSPS) is 10.6. The summed E-state index contributed by atoms with van der Waals surface area (Å²) in [6.45, 7) is 1.91. The minimum absolute atomic E-state index is 0.272. The van der Waals surface area contributed by atoms with Crippen molar-refractivity contribution in [2.24, 2.45) is 0 Å². The van der Waals surface area contributed by atoms with Gasteiger partial charge in [-0.3, -0.25) is 9.78 Å². The standard InChI is InChI=1S/C15H11BrN4O/c1-9-6-10(7-18-14(9)16)19-15(21)13-8-17-11-4-2-3-5-12(11)20-13/h2-8H,1H3,(H,19,21). The molecule has 2 heterocycles. The highest BCUT2D eigenvalue weighted by atomic mass is 79.9. The molecular formula is C15H11BrN4O. The average Bonchev–Trinajstić information content (AvgIpc) is 2.50. The average molecular weight is 343 g/mol. The molecule has 0 fully saturated rings. The number of hydrogen-bond acceptors (Lipinski definition) is 4. The number of pyridine rings is 1. The molecule has 3 aromatic rings. The van der Waals surface area contributed by atoms with E-state index in [1.165, 1.54) is 6.20 Å². The molecule has 0 radical (unpaired) electrons. The predicted molar refractivity (Wildman–Crippen MR) is 84.2 cm³/mol. The number of amides is 1. The lowest BCUT2D eigenvalue weighted by Gasteiger charge is -2.06. The number of carbonyl (C=O) groups is 1. The van der Waals surface area contributed by atoms with Crippen LogP contribution in [0, 0.1) is 6.92 Å². The predicted octanol–water partition coefficient (Wildman–Crippen LogP) is 3.35. The van der Waals surface area contributed by atoms with Crippen LogP contribution in [0.25, 0.3) is 11.0 Å². The second kappa shape index (κ2) is 5.57. The Hall–Kier alpha value is -2.34. The molecule has 0 atom stereocenters. The fourth-order valence-electron chi connectivity index (χ4n) is 1.89. The number of benzene rings is 1. The van der Waals surface area contributed by atoms with Crippen molar-refractivity contribution in [1.82, 2.24) is 15.0 Å². The van der Waals surface area contributed by atoms with Crippen molar-refractivity contribution in [2.45, 2.75) is 6.92 Å². The van der Waals surface area contributed by atoms with Crippen molar-refractivity contribution in [2.75, 3.05) is 5.32 Å². The Balaban J connectivity index is 1.87. The van der Waals surface area contributed by atoms with E-state index in [-0.39, 0.29) is 11.6 Å². The van der Waals surface area contributed by atoms with Gasteiger partial charge in [-0.15, -0.1) is 0 Å². The summed E-state index contributed by atoms with van der Waals surface area (Å²) in [5, 5.41) is 2.77. The van der Waals surface area contributed by atoms with Gasteiger partial charge in [-0.2, -0.15) is 0 Å². The maximum absolute atomic E-state index is 12.2. The molecule has 0 aliphatic rings. The molecule has 6 heteroatoms. The molecule has 0 bridgehead atoms. The van der Waals surface area contributed by atoms with Crippen LogP contribution >= 0.6 is 15.9 Å². The second-order valence-corrected chi connectivity index (χ2v) is 5.28. The lowest BCUT2D eigenvalue weighted by Crippen LogP contribution is -2.14. The molecule has 0 unspecified atom stereocenters. The molecule has 104 valence electrons. The minimum atomic E-state index is -0.309. The van der Waals surface area contributed by atoms with Crippen LogP contribution in [-0.4, -0.2) is 20.9 Å². The molecule has 1 amide bonds. The van der Waals surface area contributed by atoms with E-state index in [0.717, 1.165) is 15.7 Å². The number of aromatic nitrogens is 3. The van der Waals surface area contributed by atoms with Gasteiger partial charge in [0.15, 0.2) is 0 Å².